The first-order valence-corrected chi connectivity index (χ1v) is 10.9. The molecule has 5 rings (SSSR count). The van der Waals surface area contributed by atoms with Crippen molar-refractivity contribution in [3.8, 4) is 0 Å². The molecule has 2 aromatic carbocycles. The van der Waals surface area contributed by atoms with Crippen LogP contribution in [0, 0.1) is 11.6 Å². The molecule has 3 heterocycles. The minimum atomic E-state index is -1.34. The van der Waals surface area contributed by atoms with Gasteiger partial charge in [0.15, 0.2) is 0 Å². The molecule has 3 aromatic rings. The summed E-state index contributed by atoms with van der Waals surface area (Å²) in [6.07, 6.45) is 1.48. The third-order valence-electron chi connectivity index (χ3n) is 6.05. The number of benzene rings is 2. The van der Waals surface area contributed by atoms with E-state index in [-0.39, 0.29) is 34.5 Å². The molecule has 2 aliphatic heterocycles. The lowest BCUT2D eigenvalue weighted by atomic mass is 9.83. The van der Waals surface area contributed by atoms with Gasteiger partial charge in [0.25, 0.3) is 5.91 Å². The van der Waals surface area contributed by atoms with Crippen LogP contribution in [0.3, 0.4) is 0 Å². The van der Waals surface area contributed by atoms with Crippen LogP contribution in [0.5, 0.6) is 0 Å². The summed E-state index contributed by atoms with van der Waals surface area (Å²) in [4.78, 5) is 22.1. The molecule has 2 atom stereocenters. The van der Waals surface area contributed by atoms with Gasteiger partial charge in [0, 0.05) is 24.2 Å². The van der Waals surface area contributed by atoms with E-state index in [1.807, 2.05) is 0 Å². The zero-order valence-electron chi connectivity index (χ0n) is 17.4. The van der Waals surface area contributed by atoms with Crippen molar-refractivity contribution in [3.05, 3.63) is 81.9 Å². The number of aliphatic hydroxyl groups is 1. The summed E-state index contributed by atoms with van der Waals surface area (Å²) in [7, 11) is 0. The number of hydrogen-bond acceptors (Lipinski definition) is 5. The van der Waals surface area contributed by atoms with Gasteiger partial charge in [-0.2, -0.15) is 0 Å². The average molecular weight is 475 g/mol. The highest BCUT2D eigenvalue weighted by atomic mass is 35.5. The monoisotopic (exact) mass is 474 g/mol. The Morgan fingerprint density at radius 3 is 2.85 bits per heavy atom. The fourth-order valence-electron chi connectivity index (χ4n) is 4.57. The molecule has 33 heavy (non-hydrogen) atoms. The van der Waals surface area contributed by atoms with Gasteiger partial charge in [0.2, 0.25) is 6.41 Å². The summed E-state index contributed by atoms with van der Waals surface area (Å²) < 4.78 is 34.0. The minimum Gasteiger partial charge on any atom is -0.351 e. The highest BCUT2D eigenvalue weighted by Crippen LogP contribution is 2.45. The minimum absolute atomic E-state index is 0.0428. The van der Waals surface area contributed by atoms with E-state index in [2.05, 4.69) is 15.3 Å². The summed E-state index contributed by atoms with van der Waals surface area (Å²) in [6.45, 7) is 0.485. The quantitative estimate of drug-likeness (QED) is 0.537. The zero-order valence-corrected chi connectivity index (χ0v) is 18.2. The van der Waals surface area contributed by atoms with Crippen LogP contribution in [-0.2, 0) is 16.8 Å². The Morgan fingerprint density at radius 1 is 1.27 bits per heavy atom. The van der Waals surface area contributed by atoms with Crippen LogP contribution in [0.2, 0.25) is 5.02 Å². The van der Waals surface area contributed by atoms with Gasteiger partial charge in [-0.25, -0.2) is 13.8 Å². The molecule has 0 aliphatic carbocycles. The van der Waals surface area contributed by atoms with Crippen LogP contribution in [0.15, 0.2) is 42.6 Å². The maximum Gasteiger partial charge on any atom is 0.272 e. The molecular weight excluding hydrogens is 454 g/mol. The SMILES string of the molecule is O=C(c1cnc(Cc2ccc(F)cc2)[nH]1)N1CCC[C@@]2(C1)OC(O)Nc1ccc(Cl)c(F)c12. The number of amides is 1. The molecule has 1 fully saturated rings. The summed E-state index contributed by atoms with van der Waals surface area (Å²) in [5.41, 5.74) is 0.487. The number of carbonyl (C=O) groups is 1. The summed E-state index contributed by atoms with van der Waals surface area (Å²) >= 11 is 6.02. The lowest BCUT2D eigenvalue weighted by Crippen LogP contribution is -2.54. The van der Waals surface area contributed by atoms with Crippen molar-refractivity contribution in [1.82, 2.24) is 14.9 Å². The molecule has 1 aromatic heterocycles. The van der Waals surface area contributed by atoms with Crippen LogP contribution in [0.25, 0.3) is 0 Å². The number of likely N-dealkylation sites (tertiary alicyclic amines) is 1. The molecule has 2 aliphatic rings. The van der Waals surface area contributed by atoms with E-state index in [9.17, 15) is 14.3 Å². The lowest BCUT2D eigenvalue weighted by molar-refractivity contribution is -0.200. The number of fused-ring (bicyclic) bond motifs is 2. The summed E-state index contributed by atoms with van der Waals surface area (Å²) in [5.74, 6) is -0.704. The highest BCUT2D eigenvalue weighted by molar-refractivity contribution is 6.30. The number of nitrogens with zero attached hydrogens (tertiary/aromatic N) is 2. The van der Waals surface area contributed by atoms with Gasteiger partial charge in [-0.3, -0.25) is 4.79 Å². The molecule has 1 spiro atoms. The number of imidazole rings is 1. The molecule has 1 unspecified atom stereocenters. The van der Waals surface area contributed by atoms with Crippen molar-refractivity contribution in [1.29, 1.82) is 0 Å². The number of rotatable bonds is 3. The van der Waals surface area contributed by atoms with E-state index in [0.29, 0.717) is 37.3 Å². The van der Waals surface area contributed by atoms with Gasteiger partial charge in [0.1, 0.15) is 28.8 Å². The smallest absolute Gasteiger partial charge is 0.272 e. The number of aromatic nitrogens is 2. The van der Waals surface area contributed by atoms with Gasteiger partial charge in [-0.15, -0.1) is 0 Å². The van der Waals surface area contributed by atoms with Crippen molar-refractivity contribution in [2.24, 2.45) is 0 Å². The topological polar surface area (TPSA) is 90.5 Å². The Hall–Kier alpha value is -3.01. The predicted octanol–water partition coefficient (Wildman–Crippen LogP) is 3.78. The standard InChI is InChI=1S/C23H21ClF2N4O3/c24-15-6-7-16-19(20(15)26)23(33-22(32)29-16)8-1-9-30(12-23)21(31)17-11-27-18(28-17)10-13-2-4-14(25)5-3-13/h2-7,11,22,29,32H,1,8-10,12H2,(H,27,28)/t22?,23-/m0/s1. The number of aliphatic hydroxyl groups excluding tert-OH is 1. The van der Waals surface area contributed by atoms with Crippen molar-refractivity contribution < 1.29 is 23.4 Å². The third kappa shape index (κ3) is 4.07. The fourth-order valence-corrected chi connectivity index (χ4v) is 4.73. The number of carbonyl (C=O) groups excluding carboxylic acids is 1. The van der Waals surface area contributed by atoms with E-state index in [0.717, 1.165) is 5.56 Å². The number of halogens is 3. The second-order valence-corrected chi connectivity index (χ2v) is 8.68. The van der Waals surface area contributed by atoms with Gasteiger partial charge >= 0.3 is 0 Å². The number of anilines is 1. The Labute approximate surface area is 193 Å². The number of hydrogen-bond donors (Lipinski definition) is 3. The van der Waals surface area contributed by atoms with E-state index >= 15 is 4.39 Å². The Kier molecular flexibility index (Phi) is 5.55. The van der Waals surface area contributed by atoms with E-state index in [1.165, 1.54) is 24.4 Å². The van der Waals surface area contributed by atoms with Gasteiger partial charge in [-0.1, -0.05) is 23.7 Å². The number of piperidine rings is 1. The summed E-state index contributed by atoms with van der Waals surface area (Å²) in [5, 5.41) is 12.8. The zero-order chi connectivity index (χ0) is 23.2. The van der Waals surface area contributed by atoms with Crippen molar-refractivity contribution >= 4 is 23.2 Å². The van der Waals surface area contributed by atoms with Crippen LogP contribution >= 0.6 is 11.6 Å². The fraction of sp³-hybridized carbons (Fsp3) is 0.304. The molecule has 0 bridgehead atoms. The van der Waals surface area contributed by atoms with Crippen molar-refractivity contribution in [2.45, 2.75) is 31.3 Å². The molecule has 172 valence electrons. The lowest BCUT2D eigenvalue weighted by Gasteiger charge is -2.47. The number of H-pyrrole nitrogens is 1. The van der Waals surface area contributed by atoms with Crippen LogP contribution in [-0.4, -0.2) is 45.4 Å². The van der Waals surface area contributed by atoms with Crippen molar-refractivity contribution in [3.63, 3.8) is 0 Å². The van der Waals surface area contributed by atoms with Gasteiger partial charge in [0.05, 0.1) is 17.8 Å². The number of aromatic amines is 1. The third-order valence-corrected chi connectivity index (χ3v) is 6.34. The maximum absolute atomic E-state index is 15.0. The molecular formula is C23H21ClF2N4O3. The number of ether oxygens (including phenoxy) is 1. The predicted molar refractivity (Wildman–Crippen MR) is 117 cm³/mol. The first-order chi connectivity index (χ1) is 15.8. The molecule has 1 saturated heterocycles. The second kappa shape index (κ2) is 8.40. The Bertz CT molecular complexity index is 1200. The average Bonchev–Trinajstić information content (AvgIpc) is 3.25. The second-order valence-electron chi connectivity index (χ2n) is 8.27. The molecule has 0 radical (unpaired) electrons. The Morgan fingerprint density at radius 2 is 2.06 bits per heavy atom. The van der Waals surface area contributed by atoms with Crippen molar-refractivity contribution in [2.75, 3.05) is 18.4 Å². The maximum atomic E-state index is 15.0. The first-order valence-electron chi connectivity index (χ1n) is 10.5. The van der Waals surface area contributed by atoms with E-state index in [1.54, 1.807) is 23.1 Å². The molecule has 3 N–H and O–H groups in total. The van der Waals surface area contributed by atoms with Crippen LogP contribution in [0.1, 0.15) is 40.3 Å². The molecule has 7 nitrogen and oxygen atoms in total. The van der Waals surface area contributed by atoms with Gasteiger partial charge in [-0.05, 0) is 42.7 Å². The Balaban J connectivity index is 1.39. The summed E-state index contributed by atoms with van der Waals surface area (Å²) in [6, 6.07) is 9.05. The normalized spacial score (nSPS) is 22.2. The largest absolute Gasteiger partial charge is 0.351 e. The molecule has 0 saturated carbocycles. The van der Waals surface area contributed by atoms with E-state index in [4.69, 9.17) is 16.3 Å². The number of nitrogens with one attached hydrogen (secondary N) is 2. The highest BCUT2D eigenvalue weighted by Gasteiger charge is 2.47. The van der Waals surface area contributed by atoms with Crippen LogP contribution in [0.4, 0.5) is 14.5 Å². The van der Waals surface area contributed by atoms with E-state index < -0.39 is 17.8 Å². The van der Waals surface area contributed by atoms with Gasteiger partial charge < -0.3 is 25.0 Å². The van der Waals surface area contributed by atoms with Crippen LogP contribution < -0.4 is 5.32 Å². The first kappa shape index (κ1) is 21.8. The molecule has 10 heteroatoms. The molecule has 1 amide bonds.